The van der Waals surface area contributed by atoms with E-state index in [0.717, 1.165) is 11.3 Å². The van der Waals surface area contributed by atoms with Crippen LogP contribution in [0.2, 0.25) is 0 Å². The molecular weight excluding hydrogens is 304 g/mol. The zero-order valence-electron chi connectivity index (χ0n) is 13.3. The number of carbonyl (C=O) groups excluding carboxylic acids is 2. The van der Waals surface area contributed by atoms with E-state index < -0.39 is 0 Å². The minimum atomic E-state index is -0.150. The summed E-state index contributed by atoms with van der Waals surface area (Å²) in [6.45, 7) is 2.21. The topological polar surface area (TPSA) is 34.1 Å². The molecule has 0 radical (unpaired) electrons. The maximum Gasteiger partial charge on any atom is 0.197 e. The first kappa shape index (κ1) is 15.9. The summed E-state index contributed by atoms with van der Waals surface area (Å²) >= 11 is 1.60. The van der Waals surface area contributed by atoms with Gasteiger partial charge in [0.15, 0.2) is 11.6 Å². The summed E-state index contributed by atoms with van der Waals surface area (Å²) in [6.07, 6.45) is 7.81. The molecule has 0 saturated carbocycles. The molecule has 0 N–H and O–H groups in total. The van der Waals surface area contributed by atoms with Crippen LogP contribution in [0.1, 0.15) is 63.8 Å². The Hall–Kier alpha value is -2.00. The number of benzene rings is 1. The normalized spacial score (nSPS) is 13.5. The average Bonchev–Trinajstić information content (AvgIpc) is 3.11. The first-order valence-electron chi connectivity index (χ1n) is 8.18. The van der Waals surface area contributed by atoms with E-state index in [2.05, 4.69) is 18.4 Å². The van der Waals surface area contributed by atoms with Crippen molar-refractivity contribution in [3.05, 3.63) is 62.9 Å². The predicted octanol–water partition coefficient (Wildman–Crippen LogP) is 5.33. The first-order valence-corrected chi connectivity index (χ1v) is 9.06. The second-order valence-corrected chi connectivity index (χ2v) is 6.87. The number of thiophene rings is 1. The van der Waals surface area contributed by atoms with Crippen LogP contribution in [0.3, 0.4) is 0 Å². The van der Waals surface area contributed by atoms with Crippen LogP contribution in [0.15, 0.2) is 41.3 Å². The number of carbonyl (C=O) groups is 2. The number of aryl methyl sites for hydroxylation is 1. The van der Waals surface area contributed by atoms with Gasteiger partial charge in [0.05, 0.1) is 5.57 Å². The van der Waals surface area contributed by atoms with Crippen molar-refractivity contribution < 1.29 is 9.59 Å². The molecular formula is C20H20O2S. The summed E-state index contributed by atoms with van der Waals surface area (Å²) in [4.78, 5) is 25.7. The molecule has 0 fully saturated rings. The maximum atomic E-state index is 12.4. The molecule has 0 saturated heterocycles. The van der Waals surface area contributed by atoms with Crippen molar-refractivity contribution in [2.24, 2.45) is 0 Å². The Morgan fingerprint density at radius 1 is 1.00 bits per heavy atom. The van der Waals surface area contributed by atoms with Gasteiger partial charge in [0.1, 0.15) is 0 Å². The fourth-order valence-electron chi connectivity index (χ4n) is 2.90. The van der Waals surface area contributed by atoms with Gasteiger partial charge in [-0.2, -0.15) is 0 Å². The first-order chi connectivity index (χ1) is 11.2. The van der Waals surface area contributed by atoms with Gasteiger partial charge in [-0.25, -0.2) is 0 Å². The molecule has 0 aliphatic heterocycles. The maximum absolute atomic E-state index is 12.4. The molecule has 0 amide bonds. The van der Waals surface area contributed by atoms with E-state index in [0.29, 0.717) is 16.7 Å². The van der Waals surface area contributed by atoms with E-state index in [1.54, 1.807) is 41.7 Å². The number of ketones is 2. The van der Waals surface area contributed by atoms with E-state index in [1.165, 1.54) is 31.2 Å². The number of unbranched alkanes of at least 4 members (excludes halogenated alkanes) is 3. The molecule has 3 rings (SSSR count). The second kappa shape index (κ2) is 7.05. The van der Waals surface area contributed by atoms with Gasteiger partial charge >= 0.3 is 0 Å². The lowest BCUT2D eigenvalue weighted by atomic mass is 10.1. The molecule has 1 aromatic carbocycles. The van der Waals surface area contributed by atoms with Gasteiger partial charge in [-0.1, -0.05) is 50.5 Å². The van der Waals surface area contributed by atoms with Crippen LogP contribution in [0.4, 0.5) is 0 Å². The Morgan fingerprint density at radius 3 is 2.35 bits per heavy atom. The van der Waals surface area contributed by atoms with Crippen LogP contribution in [0.5, 0.6) is 0 Å². The lowest BCUT2D eigenvalue weighted by Crippen LogP contribution is -1.99. The highest BCUT2D eigenvalue weighted by atomic mass is 32.1. The van der Waals surface area contributed by atoms with Crippen LogP contribution in [-0.4, -0.2) is 11.6 Å². The highest BCUT2D eigenvalue weighted by Crippen LogP contribution is 2.29. The van der Waals surface area contributed by atoms with Gasteiger partial charge < -0.3 is 0 Å². The lowest BCUT2D eigenvalue weighted by molar-refractivity contribution is 0.0990. The fourth-order valence-corrected chi connectivity index (χ4v) is 3.78. The SMILES string of the molecule is CCCCCCc1csc(C=C2C(=O)c3ccccc3C2=O)c1. The number of hydrogen-bond acceptors (Lipinski definition) is 3. The molecule has 1 heterocycles. The van der Waals surface area contributed by atoms with Gasteiger partial charge in [0.25, 0.3) is 0 Å². The van der Waals surface area contributed by atoms with Gasteiger partial charge in [-0.05, 0) is 35.9 Å². The molecule has 1 aliphatic rings. The van der Waals surface area contributed by atoms with Crippen LogP contribution in [0, 0.1) is 0 Å². The van der Waals surface area contributed by atoms with E-state index in [9.17, 15) is 9.59 Å². The monoisotopic (exact) mass is 324 g/mol. The molecule has 0 spiro atoms. The Labute approximate surface area is 140 Å². The third-order valence-corrected chi connectivity index (χ3v) is 5.11. The van der Waals surface area contributed by atoms with Gasteiger partial charge in [-0.15, -0.1) is 11.3 Å². The zero-order valence-corrected chi connectivity index (χ0v) is 14.1. The summed E-state index contributed by atoms with van der Waals surface area (Å²) in [7, 11) is 0. The van der Waals surface area contributed by atoms with E-state index in [1.807, 2.05) is 0 Å². The van der Waals surface area contributed by atoms with Crippen molar-refractivity contribution in [1.82, 2.24) is 0 Å². The van der Waals surface area contributed by atoms with Crippen LogP contribution < -0.4 is 0 Å². The van der Waals surface area contributed by atoms with Crippen LogP contribution in [-0.2, 0) is 6.42 Å². The summed E-state index contributed by atoms with van der Waals surface area (Å²) in [5.74, 6) is -0.299. The minimum absolute atomic E-state index is 0.150. The predicted molar refractivity (Wildman–Crippen MR) is 95.2 cm³/mol. The summed E-state index contributed by atoms with van der Waals surface area (Å²) in [6, 6.07) is 9.15. The van der Waals surface area contributed by atoms with E-state index in [-0.39, 0.29) is 11.6 Å². The molecule has 0 unspecified atom stereocenters. The van der Waals surface area contributed by atoms with Gasteiger partial charge in [0, 0.05) is 16.0 Å². The smallest absolute Gasteiger partial charge is 0.197 e. The van der Waals surface area contributed by atoms with Crippen molar-refractivity contribution in [2.75, 3.05) is 0 Å². The molecule has 1 aromatic heterocycles. The molecule has 2 nitrogen and oxygen atoms in total. The quantitative estimate of drug-likeness (QED) is 0.409. The highest BCUT2D eigenvalue weighted by molar-refractivity contribution is 7.11. The molecule has 2 aromatic rings. The number of rotatable bonds is 6. The standard InChI is InChI=1S/C20H20O2S/c1-2-3-4-5-8-14-11-15(23-13-14)12-18-19(21)16-9-6-7-10-17(16)20(18)22/h6-7,9-13H,2-5,8H2,1H3. The number of allylic oxidation sites excluding steroid dienone is 1. The Bertz CT molecular complexity index is 730. The molecule has 23 heavy (non-hydrogen) atoms. The molecule has 3 heteroatoms. The molecule has 0 bridgehead atoms. The Kier molecular flexibility index (Phi) is 4.87. The van der Waals surface area contributed by atoms with Crippen molar-refractivity contribution in [3.8, 4) is 0 Å². The lowest BCUT2D eigenvalue weighted by Gasteiger charge is -1.96. The van der Waals surface area contributed by atoms with Crippen LogP contribution >= 0.6 is 11.3 Å². The second-order valence-electron chi connectivity index (χ2n) is 5.93. The largest absolute Gasteiger partial charge is 0.288 e. The summed E-state index contributed by atoms with van der Waals surface area (Å²) in [5, 5.41) is 2.13. The van der Waals surface area contributed by atoms with Gasteiger partial charge in [-0.3, -0.25) is 9.59 Å². The number of Topliss-reactive ketones (excluding diaryl/α,β-unsaturated/α-hetero) is 2. The third kappa shape index (κ3) is 3.35. The number of hydrogen-bond donors (Lipinski definition) is 0. The highest BCUT2D eigenvalue weighted by Gasteiger charge is 2.32. The third-order valence-electron chi connectivity index (χ3n) is 4.19. The molecule has 0 atom stereocenters. The average molecular weight is 324 g/mol. The zero-order chi connectivity index (χ0) is 16.2. The van der Waals surface area contributed by atoms with Crippen molar-refractivity contribution >= 4 is 29.0 Å². The van der Waals surface area contributed by atoms with Crippen molar-refractivity contribution in [3.63, 3.8) is 0 Å². The van der Waals surface area contributed by atoms with Gasteiger partial charge in [0.2, 0.25) is 0 Å². The van der Waals surface area contributed by atoms with Crippen molar-refractivity contribution in [1.29, 1.82) is 0 Å². The van der Waals surface area contributed by atoms with Crippen molar-refractivity contribution in [2.45, 2.75) is 39.0 Å². The van der Waals surface area contributed by atoms with E-state index in [4.69, 9.17) is 0 Å². The van der Waals surface area contributed by atoms with Crippen LogP contribution in [0.25, 0.3) is 6.08 Å². The Balaban J connectivity index is 1.74. The van der Waals surface area contributed by atoms with E-state index >= 15 is 0 Å². The molecule has 118 valence electrons. The fraction of sp³-hybridized carbons (Fsp3) is 0.300. The summed E-state index contributed by atoms with van der Waals surface area (Å²) in [5.41, 5.74) is 2.65. The Morgan fingerprint density at radius 2 is 1.70 bits per heavy atom. The molecule has 1 aliphatic carbocycles. The number of fused-ring (bicyclic) bond motifs is 1. The summed E-state index contributed by atoms with van der Waals surface area (Å²) < 4.78 is 0. The minimum Gasteiger partial charge on any atom is -0.288 e.